The lowest BCUT2D eigenvalue weighted by molar-refractivity contribution is 0.551. The second-order valence-electron chi connectivity index (χ2n) is 5.11. The molecule has 0 fully saturated rings. The van der Waals surface area contributed by atoms with Crippen molar-refractivity contribution in [1.82, 2.24) is 0 Å². The fourth-order valence-corrected chi connectivity index (χ4v) is 2.57. The molecule has 0 amide bonds. The zero-order chi connectivity index (χ0) is 11.4. The zero-order valence-electron chi connectivity index (χ0n) is 10.6. The number of hydrogen-bond donors (Lipinski definition) is 1. The number of anilines is 1. The molecule has 1 nitrogen and oxygen atoms in total. The Morgan fingerprint density at radius 1 is 1.25 bits per heavy atom. The summed E-state index contributed by atoms with van der Waals surface area (Å²) in [5.41, 5.74) is 4.43. The monoisotopic (exact) mass is 217 g/mol. The summed E-state index contributed by atoms with van der Waals surface area (Å²) in [4.78, 5) is 0. The van der Waals surface area contributed by atoms with E-state index < -0.39 is 0 Å². The van der Waals surface area contributed by atoms with Gasteiger partial charge in [-0.05, 0) is 54.9 Å². The molecule has 1 aliphatic rings. The van der Waals surface area contributed by atoms with Gasteiger partial charge in [-0.15, -0.1) is 0 Å². The molecule has 0 saturated heterocycles. The lowest BCUT2D eigenvalue weighted by atomic mass is 10.1. The first-order chi connectivity index (χ1) is 7.79. The van der Waals surface area contributed by atoms with Crippen LogP contribution in [0.2, 0.25) is 0 Å². The van der Waals surface area contributed by atoms with Crippen LogP contribution in [-0.4, -0.2) is 6.54 Å². The Bertz CT molecular complexity index is 343. The van der Waals surface area contributed by atoms with E-state index in [1.807, 2.05) is 0 Å². The predicted molar refractivity (Wildman–Crippen MR) is 71.0 cm³/mol. The molecule has 16 heavy (non-hydrogen) atoms. The second-order valence-corrected chi connectivity index (χ2v) is 5.11. The van der Waals surface area contributed by atoms with E-state index >= 15 is 0 Å². The molecule has 1 aromatic rings. The Hall–Kier alpha value is -0.980. The highest BCUT2D eigenvalue weighted by Crippen LogP contribution is 2.25. The maximum absolute atomic E-state index is 3.56. The predicted octanol–water partition coefficient (Wildman–Crippen LogP) is 4.02. The molecule has 0 spiro atoms. The van der Waals surface area contributed by atoms with Crippen LogP contribution in [0, 0.1) is 5.92 Å². The van der Waals surface area contributed by atoms with Crippen LogP contribution in [-0.2, 0) is 12.8 Å². The average molecular weight is 217 g/mol. The van der Waals surface area contributed by atoms with Crippen molar-refractivity contribution < 1.29 is 0 Å². The molecule has 0 radical (unpaired) electrons. The van der Waals surface area contributed by atoms with Crippen molar-refractivity contribution in [3.05, 3.63) is 29.3 Å². The minimum absolute atomic E-state index is 0.776. The normalized spacial score (nSPS) is 15.9. The number of rotatable bonds is 5. The van der Waals surface area contributed by atoms with Crippen LogP contribution in [0.15, 0.2) is 18.2 Å². The highest BCUT2D eigenvalue weighted by Gasteiger charge is 2.10. The molecule has 0 bridgehead atoms. The van der Waals surface area contributed by atoms with Crippen LogP contribution in [0.3, 0.4) is 0 Å². The van der Waals surface area contributed by atoms with Crippen molar-refractivity contribution in [2.45, 2.75) is 46.0 Å². The third kappa shape index (κ3) is 2.78. The summed E-state index contributed by atoms with van der Waals surface area (Å²) in [6.07, 6.45) is 6.49. The van der Waals surface area contributed by atoms with Crippen molar-refractivity contribution in [2.75, 3.05) is 11.9 Å². The summed E-state index contributed by atoms with van der Waals surface area (Å²) in [6.45, 7) is 5.68. The Balaban J connectivity index is 1.90. The fraction of sp³-hybridized carbons (Fsp3) is 0.600. The van der Waals surface area contributed by atoms with E-state index in [1.165, 1.54) is 37.8 Å². The fourth-order valence-electron chi connectivity index (χ4n) is 2.57. The Kier molecular flexibility index (Phi) is 3.87. The van der Waals surface area contributed by atoms with Gasteiger partial charge in [0.2, 0.25) is 0 Å². The van der Waals surface area contributed by atoms with Crippen molar-refractivity contribution in [2.24, 2.45) is 5.92 Å². The third-order valence-electron chi connectivity index (χ3n) is 3.53. The van der Waals surface area contributed by atoms with Crippen molar-refractivity contribution in [1.29, 1.82) is 0 Å². The minimum Gasteiger partial charge on any atom is -0.385 e. The van der Waals surface area contributed by atoms with E-state index in [0.29, 0.717) is 0 Å². The third-order valence-corrected chi connectivity index (χ3v) is 3.53. The molecule has 1 heteroatoms. The van der Waals surface area contributed by atoms with Gasteiger partial charge in [0.1, 0.15) is 0 Å². The van der Waals surface area contributed by atoms with Crippen LogP contribution in [0.4, 0.5) is 5.69 Å². The van der Waals surface area contributed by atoms with E-state index in [2.05, 4.69) is 37.4 Å². The molecule has 1 unspecified atom stereocenters. The topological polar surface area (TPSA) is 12.0 Å². The molecule has 0 saturated carbocycles. The van der Waals surface area contributed by atoms with Crippen LogP contribution >= 0.6 is 0 Å². The first kappa shape index (κ1) is 11.5. The summed E-state index contributed by atoms with van der Waals surface area (Å²) in [6, 6.07) is 6.89. The second kappa shape index (κ2) is 5.38. The summed E-state index contributed by atoms with van der Waals surface area (Å²) >= 11 is 0. The molecule has 88 valence electrons. The van der Waals surface area contributed by atoms with Gasteiger partial charge in [0, 0.05) is 12.2 Å². The van der Waals surface area contributed by atoms with Gasteiger partial charge in [0.05, 0.1) is 0 Å². The van der Waals surface area contributed by atoms with Crippen LogP contribution in [0.25, 0.3) is 0 Å². The van der Waals surface area contributed by atoms with Crippen LogP contribution in [0.5, 0.6) is 0 Å². The lowest BCUT2D eigenvalue weighted by Crippen LogP contribution is -2.11. The Morgan fingerprint density at radius 3 is 2.88 bits per heavy atom. The highest BCUT2D eigenvalue weighted by atomic mass is 14.9. The molecule has 2 rings (SSSR count). The molecule has 0 aromatic heterocycles. The summed E-state index contributed by atoms with van der Waals surface area (Å²) in [7, 11) is 0. The van der Waals surface area contributed by atoms with Gasteiger partial charge in [-0.3, -0.25) is 0 Å². The number of fused-ring (bicyclic) bond motifs is 1. The standard InChI is InChI=1S/C15H23N/c1-3-5-12(2)11-16-15-9-8-13-6-4-7-14(13)10-15/h8-10,12,16H,3-7,11H2,1-2H3. The van der Waals surface area contributed by atoms with E-state index in [0.717, 1.165) is 12.5 Å². The van der Waals surface area contributed by atoms with Crippen LogP contribution < -0.4 is 5.32 Å². The Morgan fingerprint density at radius 2 is 2.06 bits per heavy atom. The number of benzene rings is 1. The minimum atomic E-state index is 0.776. The van der Waals surface area contributed by atoms with Gasteiger partial charge in [0.15, 0.2) is 0 Å². The maximum atomic E-state index is 3.56. The average Bonchev–Trinajstić information content (AvgIpc) is 2.74. The molecule has 1 aromatic carbocycles. The molecule has 1 aliphatic carbocycles. The van der Waals surface area contributed by atoms with Gasteiger partial charge < -0.3 is 5.32 Å². The van der Waals surface area contributed by atoms with Gasteiger partial charge >= 0.3 is 0 Å². The molecule has 0 aliphatic heterocycles. The molecular formula is C15H23N. The van der Waals surface area contributed by atoms with Gasteiger partial charge in [-0.1, -0.05) is 26.3 Å². The smallest absolute Gasteiger partial charge is 0.0343 e. The summed E-state index contributed by atoms with van der Waals surface area (Å²) in [5.74, 6) is 0.776. The van der Waals surface area contributed by atoms with Crippen molar-refractivity contribution >= 4 is 5.69 Å². The lowest BCUT2D eigenvalue weighted by Gasteiger charge is -2.13. The van der Waals surface area contributed by atoms with E-state index in [1.54, 1.807) is 11.1 Å². The largest absolute Gasteiger partial charge is 0.385 e. The quantitative estimate of drug-likeness (QED) is 0.785. The molecule has 1 atom stereocenters. The van der Waals surface area contributed by atoms with E-state index in [9.17, 15) is 0 Å². The van der Waals surface area contributed by atoms with E-state index in [-0.39, 0.29) is 0 Å². The molecule has 1 N–H and O–H groups in total. The molecule has 0 heterocycles. The Labute approximate surface area is 99.3 Å². The van der Waals surface area contributed by atoms with Gasteiger partial charge in [-0.2, -0.15) is 0 Å². The molecular weight excluding hydrogens is 194 g/mol. The number of nitrogens with one attached hydrogen (secondary N) is 1. The first-order valence-corrected chi connectivity index (χ1v) is 6.65. The SMILES string of the molecule is CCCC(C)CNc1ccc2c(c1)CCC2. The first-order valence-electron chi connectivity index (χ1n) is 6.65. The number of aryl methyl sites for hydroxylation is 2. The van der Waals surface area contributed by atoms with E-state index in [4.69, 9.17) is 0 Å². The maximum Gasteiger partial charge on any atom is 0.0343 e. The summed E-state index contributed by atoms with van der Waals surface area (Å²) in [5, 5.41) is 3.56. The van der Waals surface area contributed by atoms with Crippen LogP contribution in [0.1, 0.15) is 44.2 Å². The van der Waals surface area contributed by atoms with Gasteiger partial charge in [-0.25, -0.2) is 0 Å². The van der Waals surface area contributed by atoms with Crippen molar-refractivity contribution in [3.8, 4) is 0 Å². The number of hydrogen-bond acceptors (Lipinski definition) is 1. The zero-order valence-corrected chi connectivity index (χ0v) is 10.6. The van der Waals surface area contributed by atoms with Crippen molar-refractivity contribution in [3.63, 3.8) is 0 Å². The summed E-state index contributed by atoms with van der Waals surface area (Å²) < 4.78 is 0. The highest BCUT2D eigenvalue weighted by molar-refractivity contribution is 5.50. The van der Waals surface area contributed by atoms with Gasteiger partial charge in [0.25, 0.3) is 0 Å².